The third-order valence-electron chi connectivity index (χ3n) is 6.85. The van der Waals surface area contributed by atoms with Crippen LogP contribution in [0.4, 0.5) is 17.1 Å². The monoisotopic (exact) mass is 461 g/mol. The SMILES string of the molecule is c1ccc(N(c2ccccc2)c2ccc(-c3ccc4c(ccc5c6ccccc6oc45)c3)cc2)cc1. The van der Waals surface area contributed by atoms with Gasteiger partial charge in [-0.1, -0.05) is 78.9 Å². The summed E-state index contributed by atoms with van der Waals surface area (Å²) in [5.74, 6) is 0. The molecule has 0 bridgehead atoms. The Balaban J connectivity index is 1.28. The maximum absolute atomic E-state index is 6.23. The Bertz CT molecular complexity index is 1780. The number of furan rings is 1. The first kappa shape index (κ1) is 20.5. The summed E-state index contributed by atoms with van der Waals surface area (Å²) in [6, 6.07) is 49.0. The summed E-state index contributed by atoms with van der Waals surface area (Å²) in [7, 11) is 0. The highest BCUT2D eigenvalue weighted by atomic mass is 16.3. The molecule has 0 saturated carbocycles. The van der Waals surface area contributed by atoms with Crippen molar-refractivity contribution in [3.8, 4) is 11.1 Å². The van der Waals surface area contributed by atoms with Crippen LogP contribution in [0.3, 0.4) is 0 Å². The quantitative estimate of drug-likeness (QED) is 0.259. The van der Waals surface area contributed by atoms with E-state index in [2.05, 4.69) is 132 Å². The number of para-hydroxylation sites is 3. The summed E-state index contributed by atoms with van der Waals surface area (Å²) < 4.78 is 6.23. The number of nitrogens with zero attached hydrogens (tertiary/aromatic N) is 1. The van der Waals surface area contributed by atoms with E-state index in [1.54, 1.807) is 0 Å². The molecule has 1 heterocycles. The highest BCUT2D eigenvalue weighted by molar-refractivity contribution is 6.15. The van der Waals surface area contributed by atoms with Crippen molar-refractivity contribution < 1.29 is 4.42 Å². The van der Waals surface area contributed by atoms with Crippen molar-refractivity contribution in [2.24, 2.45) is 0 Å². The molecule has 7 rings (SSSR count). The van der Waals surface area contributed by atoms with Gasteiger partial charge in [-0.25, -0.2) is 0 Å². The zero-order chi connectivity index (χ0) is 23.9. The van der Waals surface area contributed by atoms with Crippen LogP contribution >= 0.6 is 0 Å². The smallest absolute Gasteiger partial charge is 0.143 e. The van der Waals surface area contributed by atoms with Crippen LogP contribution in [0, 0.1) is 0 Å². The number of hydrogen-bond acceptors (Lipinski definition) is 2. The zero-order valence-corrected chi connectivity index (χ0v) is 19.6. The molecule has 0 unspecified atom stereocenters. The number of benzene rings is 6. The second-order valence-corrected chi connectivity index (χ2v) is 9.03. The van der Waals surface area contributed by atoms with E-state index in [0.29, 0.717) is 0 Å². The molecule has 0 atom stereocenters. The molecule has 1 aromatic heterocycles. The first-order valence-electron chi connectivity index (χ1n) is 12.2. The molecule has 0 N–H and O–H groups in total. The van der Waals surface area contributed by atoms with Gasteiger partial charge in [0.1, 0.15) is 11.2 Å². The van der Waals surface area contributed by atoms with Gasteiger partial charge in [-0.15, -0.1) is 0 Å². The van der Waals surface area contributed by atoms with Crippen molar-refractivity contribution in [3.05, 3.63) is 140 Å². The van der Waals surface area contributed by atoms with Gasteiger partial charge < -0.3 is 9.32 Å². The summed E-state index contributed by atoms with van der Waals surface area (Å²) in [5.41, 5.74) is 7.66. The van der Waals surface area contributed by atoms with Gasteiger partial charge in [0.2, 0.25) is 0 Å². The zero-order valence-electron chi connectivity index (χ0n) is 19.6. The van der Waals surface area contributed by atoms with E-state index in [0.717, 1.165) is 44.4 Å². The van der Waals surface area contributed by atoms with Crippen molar-refractivity contribution in [2.45, 2.75) is 0 Å². The molecule has 0 spiro atoms. The number of hydrogen-bond donors (Lipinski definition) is 0. The molecule has 7 aromatic rings. The average molecular weight is 462 g/mol. The standard InChI is InChI=1S/C34H23NO/c1-3-9-27(10-4-1)35(28-11-5-2-6-12-28)29-19-15-24(16-20-29)25-17-21-30-26(23-25)18-22-32-31-13-7-8-14-33(31)36-34(30)32/h1-23H. The summed E-state index contributed by atoms with van der Waals surface area (Å²) in [6.07, 6.45) is 0. The van der Waals surface area contributed by atoms with Gasteiger partial charge in [-0.2, -0.15) is 0 Å². The summed E-state index contributed by atoms with van der Waals surface area (Å²) in [4.78, 5) is 2.28. The average Bonchev–Trinajstić information content (AvgIpc) is 3.34. The molecule has 0 aliphatic heterocycles. The minimum atomic E-state index is 0.932. The molecule has 2 nitrogen and oxygen atoms in total. The Morgan fingerprint density at radius 1 is 0.417 bits per heavy atom. The van der Waals surface area contributed by atoms with Gasteiger partial charge in [0.25, 0.3) is 0 Å². The maximum atomic E-state index is 6.23. The van der Waals surface area contributed by atoms with Gasteiger partial charge in [-0.05, 0) is 77.2 Å². The molecule has 6 aromatic carbocycles. The van der Waals surface area contributed by atoms with Crippen molar-refractivity contribution >= 4 is 49.8 Å². The second kappa shape index (κ2) is 8.44. The van der Waals surface area contributed by atoms with Crippen LogP contribution in [0.2, 0.25) is 0 Å². The molecule has 36 heavy (non-hydrogen) atoms. The molecule has 0 saturated heterocycles. The van der Waals surface area contributed by atoms with Crippen molar-refractivity contribution in [1.29, 1.82) is 0 Å². The highest BCUT2D eigenvalue weighted by Gasteiger charge is 2.13. The molecule has 0 amide bonds. The Labute approximate surface area is 209 Å². The fourth-order valence-corrected chi connectivity index (χ4v) is 5.10. The largest absolute Gasteiger partial charge is 0.455 e. The Kier molecular flexibility index (Phi) is 4.82. The van der Waals surface area contributed by atoms with E-state index in [1.165, 1.54) is 16.5 Å². The van der Waals surface area contributed by atoms with Crippen molar-refractivity contribution in [3.63, 3.8) is 0 Å². The summed E-state index contributed by atoms with van der Waals surface area (Å²) in [5, 5.41) is 4.65. The van der Waals surface area contributed by atoms with Crippen LogP contribution < -0.4 is 4.90 Å². The summed E-state index contributed by atoms with van der Waals surface area (Å²) in [6.45, 7) is 0. The maximum Gasteiger partial charge on any atom is 0.143 e. The fourth-order valence-electron chi connectivity index (χ4n) is 5.10. The number of anilines is 3. The normalized spacial score (nSPS) is 11.3. The number of rotatable bonds is 4. The van der Waals surface area contributed by atoms with E-state index < -0.39 is 0 Å². The highest BCUT2D eigenvalue weighted by Crippen LogP contribution is 2.37. The molecule has 170 valence electrons. The lowest BCUT2D eigenvalue weighted by Gasteiger charge is -2.25. The van der Waals surface area contributed by atoms with Crippen LogP contribution in [-0.2, 0) is 0 Å². The van der Waals surface area contributed by atoms with Crippen LogP contribution in [0.15, 0.2) is 144 Å². The predicted octanol–water partition coefficient (Wildman–Crippen LogP) is 9.88. The third kappa shape index (κ3) is 3.43. The number of fused-ring (bicyclic) bond motifs is 5. The Morgan fingerprint density at radius 2 is 1.00 bits per heavy atom. The first-order chi connectivity index (χ1) is 17.8. The lowest BCUT2D eigenvalue weighted by molar-refractivity contribution is 0.672. The van der Waals surface area contributed by atoms with Crippen molar-refractivity contribution in [2.75, 3.05) is 4.90 Å². The summed E-state index contributed by atoms with van der Waals surface area (Å²) >= 11 is 0. The molecule has 2 heteroatoms. The van der Waals surface area contributed by atoms with Crippen LogP contribution in [0.5, 0.6) is 0 Å². The minimum Gasteiger partial charge on any atom is -0.455 e. The van der Waals surface area contributed by atoms with Gasteiger partial charge >= 0.3 is 0 Å². The molecule has 0 radical (unpaired) electrons. The Morgan fingerprint density at radius 3 is 1.72 bits per heavy atom. The topological polar surface area (TPSA) is 16.4 Å². The fraction of sp³-hybridized carbons (Fsp3) is 0. The van der Waals surface area contributed by atoms with Gasteiger partial charge in [0.05, 0.1) is 0 Å². The second-order valence-electron chi connectivity index (χ2n) is 9.03. The van der Waals surface area contributed by atoms with Crippen LogP contribution in [0.1, 0.15) is 0 Å². The lowest BCUT2D eigenvalue weighted by Crippen LogP contribution is -2.09. The first-order valence-corrected chi connectivity index (χ1v) is 12.2. The van der Waals surface area contributed by atoms with E-state index in [9.17, 15) is 0 Å². The Hall–Kier alpha value is -4.82. The molecule has 0 aliphatic rings. The van der Waals surface area contributed by atoms with Gasteiger partial charge in [-0.3, -0.25) is 0 Å². The van der Waals surface area contributed by atoms with E-state index >= 15 is 0 Å². The van der Waals surface area contributed by atoms with Crippen LogP contribution in [-0.4, -0.2) is 0 Å². The molecular weight excluding hydrogens is 438 g/mol. The van der Waals surface area contributed by atoms with Crippen LogP contribution in [0.25, 0.3) is 43.8 Å². The van der Waals surface area contributed by atoms with Crippen molar-refractivity contribution in [1.82, 2.24) is 0 Å². The molecule has 0 aliphatic carbocycles. The third-order valence-corrected chi connectivity index (χ3v) is 6.85. The lowest BCUT2D eigenvalue weighted by atomic mass is 9.99. The van der Waals surface area contributed by atoms with E-state index in [4.69, 9.17) is 4.42 Å². The van der Waals surface area contributed by atoms with E-state index in [1.807, 2.05) is 12.1 Å². The minimum absolute atomic E-state index is 0.932. The van der Waals surface area contributed by atoms with Gasteiger partial charge in [0, 0.05) is 33.2 Å². The van der Waals surface area contributed by atoms with E-state index in [-0.39, 0.29) is 0 Å². The molecular formula is C34H23NO. The molecule has 0 fully saturated rings. The predicted molar refractivity (Wildman–Crippen MR) is 151 cm³/mol. The van der Waals surface area contributed by atoms with Gasteiger partial charge in [0.15, 0.2) is 0 Å².